The Morgan fingerprint density at radius 3 is 2.62 bits per heavy atom. The molecular weight excluding hydrogens is 186 g/mol. The maximum absolute atomic E-state index is 11.4. The standard InChI is InChI=1S/C10H12ClNO/c1-6-3-8(12)4-9(7(6)2)10(13)5-11/h3-4H,5,12H2,1-2H3. The Kier molecular flexibility index (Phi) is 2.94. The molecule has 0 fully saturated rings. The molecule has 70 valence electrons. The number of rotatable bonds is 2. The molecule has 0 aliphatic heterocycles. The number of anilines is 1. The first kappa shape index (κ1) is 10.1. The van der Waals surface area contributed by atoms with Crippen LogP contribution in [-0.4, -0.2) is 11.7 Å². The summed E-state index contributed by atoms with van der Waals surface area (Å²) in [6, 6.07) is 3.52. The molecule has 0 unspecified atom stereocenters. The average molecular weight is 198 g/mol. The molecule has 0 atom stereocenters. The highest BCUT2D eigenvalue weighted by Gasteiger charge is 2.09. The van der Waals surface area contributed by atoms with Crippen molar-refractivity contribution in [1.29, 1.82) is 0 Å². The Labute approximate surface area is 82.7 Å². The van der Waals surface area contributed by atoms with Crippen molar-refractivity contribution in [3.63, 3.8) is 0 Å². The second-order valence-electron chi connectivity index (χ2n) is 3.07. The molecule has 0 spiro atoms. The van der Waals surface area contributed by atoms with Gasteiger partial charge in [0.15, 0.2) is 5.78 Å². The molecule has 13 heavy (non-hydrogen) atoms. The zero-order chi connectivity index (χ0) is 10.0. The molecule has 0 aliphatic rings. The minimum Gasteiger partial charge on any atom is -0.399 e. The van der Waals surface area contributed by atoms with Gasteiger partial charge in [-0.05, 0) is 37.1 Å². The summed E-state index contributed by atoms with van der Waals surface area (Å²) in [6.07, 6.45) is 0. The number of aryl methyl sites for hydroxylation is 1. The second kappa shape index (κ2) is 3.79. The number of nitrogen functional groups attached to an aromatic ring is 1. The Hall–Kier alpha value is -1.02. The highest BCUT2D eigenvalue weighted by atomic mass is 35.5. The lowest BCUT2D eigenvalue weighted by molar-refractivity contribution is 0.102. The van der Waals surface area contributed by atoms with E-state index in [0.29, 0.717) is 11.3 Å². The highest BCUT2D eigenvalue weighted by Crippen LogP contribution is 2.18. The zero-order valence-corrected chi connectivity index (χ0v) is 8.48. The molecule has 1 rings (SSSR count). The summed E-state index contributed by atoms with van der Waals surface area (Å²) in [5.74, 6) is -0.0708. The number of carbonyl (C=O) groups is 1. The van der Waals surface area contributed by atoms with E-state index in [-0.39, 0.29) is 11.7 Å². The van der Waals surface area contributed by atoms with E-state index < -0.39 is 0 Å². The van der Waals surface area contributed by atoms with Crippen molar-refractivity contribution in [2.75, 3.05) is 11.6 Å². The van der Waals surface area contributed by atoms with E-state index in [1.54, 1.807) is 6.07 Å². The molecule has 0 amide bonds. The number of carbonyl (C=O) groups excluding carboxylic acids is 1. The van der Waals surface area contributed by atoms with Crippen LogP contribution in [0.2, 0.25) is 0 Å². The van der Waals surface area contributed by atoms with Gasteiger partial charge in [0, 0.05) is 11.3 Å². The number of alkyl halides is 1. The number of nitrogens with two attached hydrogens (primary N) is 1. The van der Waals surface area contributed by atoms with Crippen LogP contribution in [0.5, 0.6) is 0 Å². The van der Waals surface area contributed by atoms with Gasteiger partial charge in [0.25, 0.3) is 0 Å². The Morgan fingerprint density at radius 2 is 2.08 bits per heavy atom. The highest BCUT2D eigenvalue weighted by molar-refractivity contribution is 6.30. The van der Waals surface area contributed by atoms with Crippen LogP contribution in [0.3, 0.4) is 0 Å². The molecule has 0 aliphatic carbocycles. The van der Waals surface area contributed by atoms with Crippen LogP contribution >= 0.6 is 11.6 Å². The predicted molar refractivity (Wildman–Crippen MR) is 55.4 cm³/mol. The number of hydrogen-bond donors (Lipinski definition) is 1. The summed E-state index contributed by atoms with van der Waals surface area (Å²) in [5, 5.41) is 0. The van der Waals surface area contributed by atoms with Crippen LogP contribution in [-0.2, 0) is 0 Å². The van der Waals surface area contributed by atoms with E-state index in [4.69, 9.17) is 17.3 Å². The van der Waals surface area contributed by atoms with Gasteiger partial charge in [-0.3, -0.25) is 4.79 Å². The summed E-state index contributed by atoms with van der Waals surface area (Å²) < 4.78 is 0. The van der Waals surface area contributed by atoms with Crippen LogP contribution in [0.15, 0.2) is 12.1 Å². The van der Waals surface area contributed by atoms with Gasteiger partial charge in [-0.1, -0.05) is 0 Å². The lowest BCUT2D eigenvalue weighted by Crippen LogP contribution is -2.05. The van der Waals surface area contributed by atoms with Gasteiger partial charge in [0.1, 0.15) is 0 Å². The number of halogens is 1. The molecular formula is C10H12ClNO. The summed E-state index contributed by atoms with van der Waals surface area (Å²) in [5.41, 5.74) is 8.85. The van der Waals surface area contributed by atoms with Crippen LogP contribution in [0.25, 0.3) is 0 Å². The van der Waals surface area contributed by atoms with E-state index in [1.165, 1.54) is 0 Å². The van der Waals surface area contributed by atoms with Crippen molar-refractivity contribution < 1.29 is 4.79 Å². The fourth-order valence-electron chi connectivity index (χ4n) is 1.25. The number of benzene rings is 1. The van der Waals surface area contributed by atoms with Gasteiger partial charge in [0.2, 0.25) is 0 Å². The predicted octanol–water partition coefficient (Wildman–Crippen LogP) is 2.31. The fourth-order valence-corrected chi connectivity index (χ4v) is 1.39. The number of ketones is 1. The normalized spacial score (nSPS) is 10.1. The minimum absolute atomic E-state index is 0.00370. The summed E-state index contributed by atoms with van der Waals surface area (Å²) in [6.45, 7) is 3.82. The summed E-state index contributed by atoms with van der Waals surface area (Å²) >= 11 is 5.47. The Bertz CT molecular complexity index is 347. The number of Topliss-reactive ketones (excluding diaryl/α,β-unsaturated/α-hetero) is 1. The van der Waals surface area contributed by atoms with Crippen molar-refractivity contribution in [3.05, 3.63) is 28.8 Å². The molecule has 0 aromatic heterocycles. The topological polar surface area (TPSA) is 43.1 Å². The first-order valence-corrected chi connectivity index (χ1v) is 4.55. The molecule has 0 heterocycles. The van der Waals surface area contributed by atoms with Gasteiger partial charge in [0.05, 0.1) is 5.88 Å². The lowest BCUT2D eigenvalue weighted by atomic mass is 10.00. The van der Waals surface area contributed by atoms with Gasteiger partial charge < -0.3 is 5.73 Å². The monoisotopic (exact) mass is 197 g/mol. The molecule has 1 aromatic carbocycles. The fraction of sp³-hybridized carbons (Fsp3) is 0.300. The van der Waals surface area contributed by atoms with E-state index >= 15 is 0 Å². The van der Waals surface area contributed by atoms with Gasteiger partial charge >= 0.3 is 0 Å². The number of hydrogen-bond acceptors (Lipinski definition) is 2. The Morgan fingerprint density at radius 1 is 1.46 bits per heavy atom. The molecule has 0 saturated heterocycles. The quantitative estimate of drug-likeness (QED) is 0.449. The van der Waals surface area contributed by atoms with Crippen LogP contribution in [0, 0.1) is 13.8 Å². The van der Waals surface area contributed by atoms with Crippen LogP contribution in [0.1, 0.15) is 21.5 Å². The van der Waals surface area contributed by atoms with Gasteiger partial charge in [-0.15, -0.1) is 11.6 Å². The van der Waals surface area contributed by atoms with Crippen molar-refractivity contribution in [1.82, 2.24) is 0 Å². The van der Waals surface area contributed by atoms with Crippen molar-refractivity contribution in [2.45, 2.75) is 13.8 Å². The van der Waals surface area contributed by atoms with E-state index in [1.807, 2.05) is 19.9 Å². The lowest BCUT2D eigenvalue weighted by Gasteiger charge is -2.07. The Balaban J connectivity index is 3.28. The minimum atomic E-state index is -0.0745. The molecule has 0 radical (unpaired) electrons. The SMILES string of the molecule is Cc1cc(N)cc(C(=O)CCl)c1C. The smallest absolute Gasteiger partial charge is 0.177 e. The van der Waals surface area contributed by atoms with Crippen LogP contribution in [0.4, 0.5) is 5.69 Å². The van der Waals surface area contributed by atoms with E-state index in [9.17, 15) is 4.79 Å². The largest absolute Gasteiger partial charge is 0.399 e. The second-order valence-corrected chi connectivity index (χ2v) is 3.33. The maximum atomic E-state index is 11.4. The maximum Gasteiger partial charge on any atom is 0.177 e. The zero-order valence-electron chi connectivity index (χ0n) is 7.73. The first-order chi connectivity index (χ1) is 6.06. The molecule has 2 nitrogen and oxygen atoms in total. The average Bonchev–Trinajstić information content (AvgIpc) is 2.10. The molecule has 1 aromatic rings. The third-order valence-electron chi connectivity index (χ3n) is 2.11. The van der Waals surface area contributed by atoms with Crippen LogP contribution < -0.4 is 5.73 Å². The molecule has 0 bridgehead atoms. The van der Waals surface area contributed by atoms with E-state index in [2.05, 4.69) is 0 Å². The summed E-state index contributed by atoms with van der Waals surface area (Å²) in [7, 11) is 0. The van der Waals surface area contributed by atoms with Crippen molar-refractivity contribution >= 4 is 23.1 Å². The molecule has 3 heteroatoms. The van der Waals surface area contributed by atoms with E-state index in [0.717, 1.165) is 11.1 Å². The molecule has 0 saturated carbocycles. The van der Waals surface area contributed by atoms with Gasteiger partial charge in [-0.2, -0.15) is 0 Å². The van der Waals surface area contributed by atoms with Crippen molar-refractivity contribution in [2.24, 2.45) is 0 Å². The van der Waals surface area contributed by atoms with Gasteiger partial charge in [-0.25, -0.2) is 0 Å². The third-order valence-corrected chi connectivity index (χ3v) is 2.35. The summed E-state index contributed by atoms with van der Waals surface area (Å²) in [4.78, 5) is 11.4. The van der Waals surface area contributed by atoms with Crippen molar-refractivity contribution in [3.8, 4) is 0 Å². The molecule has 2 N–H and O–H groups in total. The first-order valence-electron chi connectivity index (χ1n) is 4.02. The third kappa shape index (κ3) is 2.01.